The second-order valence-corrected chi connectivity index (χ2v) is 7.72. The second kappa shape index (κ2) is 6.83. The fourth-order valence-corrected chi connectivity index (χ4v) is 4.52. The van der Waals surface area contributed by atoms with Crippen molar-refractivity contribution in [3.05, 3.63) is 70.8 Å². The molecule has 0 amide bonds. The van der Waals surface area contributed by atoms with Crippen LogP contribution in [0.1, 0.15) is 29.5 Å². The van der Waals surface area contributed by atoms with Crippen molar-refractivity contribution in [2.75, 3.05) is 6.54 Å². The minimum absolute atomic E-state index is 0.238. The van der Waals surface area contributed by atoms with Crippen molar-refractivity contribution >= 4 is 17.1 Å². The minimum Gasteiger partial charge on any atom is -0.290 e. The van der Waals surface area contributed by atoms with E-state index in [1.807, 2.05) is 24.1 Å². The Balaban J connectivity index is 1.58. The third-order valence-electron chi connectivity index (χ3n) is 5.12. The predicted octanol–water partition coefficient (Wildman–Crippen LogP) is 4.33. The monoisotopic (exact) mass is 379 g/mol. The van der Waals surface area contributed by atoms with Gasteiger partial charge in [0.25, 0.3) is 0 Å². The molecule has 0 radical (unpaired) electrons. The quantitative estimate of drug-likeness (QED) is 0.529. The van der Waals surface area contributed by atoms with Crippen LogP contribution in [-0.2, 0) is 6.54 Å². The van der Waals surface area contributed by atoms with Gasteiger partial charge in [-0.15, -0.1) is 11.3 Å². The fourth-order valence-electron chi connectivity index (χ4n) is 3.90. The van der Waals surface area contributed by atoms with Crippen LogP contribution in [0.5, 0.6) is 0 Å². The van der Waals surface area contributed by atoms with Crippen molar-refractivity contribution in [2.45, 2.75) is 25.4 Å². The molecule has 136 valence electrons. The molecule has 1 aromatic carbocycles. The summed E-state index contributed by atoms with van der Waals surface area (Å²) in [5.41, 5.74) is 4.94. The van der Waals surface area contributed by atoms with Crippen LogP contribution in [0.4, 0.5) is 4.39 Å². The van der Waals surface area contributed by atoms with E-state index < -0.39 is 0 Å². The molecular weight excluding hydrogens is 361 g/mol. The number of nitrogens with zero attached hydrogens (tertiary/aromatic N) is 5. The Morgan fingerprint density at radius 1 is 1.11 bits per heavy atom. The first-order chi connectivity index (χ1) is 13.3. The highest BCUT2D eigenvalue weighted by molar-refractivity contribution is 7.09. The van der Waals surface area contributed by atoms with Crippen molar-refractivity contribution < 1.29 is 4.39 Å². The molecule has 1 aliphatic heterocycles. The maximum absolute atomic E-state index is 13.4. The number of aromatic nitrogens is 4. The van der Waals surface area contributed by atoms with Crippen molar-refractivity contribution in [1.29, 1.82) is 0 Å². The third-order valence-corrected chi connectivity index (χ3v) is 5.89. The molecule has 27 heavy (non-hydrogen) atoms. The Morgan fingerprint density at radius 2 is 2.00 bits per heavy atom. The topological polar surface area (TPSA) is 46.3 Å². The largest absolute Gasteiger partial charge is 0.290 e. The Bertz CT molecular complexity index is 1060. The number of hydrogen-bond acceptors (Lipinski definition) is 5. The molecule has 0 aliphatic carbocycles. The maximum atomic E-state index is 13.4. The lowest BCUT2D eigenvalue weighted by Gasteiger charge is -2.25. The predicted molar refractivity (Wildman–Crippen MR) is 103 cm³/mol. The van der Waals surface area contributed by atoms with E-state index in [2.05, 4.69) is 30.3 Å². The zero-order valence-electron chi connectivity index (χ0n) is 14.6. The highest BCUT2D eigenvalue weighted by Crippen LogP contribution is 2.35. The molecule has 1 atom stereocenters. The molecular formula is C20H18FN5S. The van der Waals surface area contributed by atoms with Gasteiger partial charge in [-0.3, -0.25) is 14.3 Å². The van der Waals surface area contributed by atoms with E-state index in [4.69, 9.17) is 0 Å². The summed E-state index contributed by atoms with van der Waals surface area (Å²) in [6, 6.07) is 8.93. The van der Waals surface area contributed by atoms with Gasteiger partial charge in [-0.2, -0.15) is 0 Å². The summed E-state index contributed by atoms with van der Waals surface area (Å²) in [7, 11) is 0. The molecule has 0 bridgehead atoms. The molecule has 0 unspecified atom stereocenters. The van der Waals surface area contributed by atoms with Gasteiger partial charge in [0.15, 0.2) is 0 Å². The highest BCUT2D eigenvalue weighted by atomic mass is 32.1. The average molecular weight is 379 g/mol. The van der Waals surface area contributed by atoms with Crippen molar-refractivity contribution in [3.8, 4) is 11.3 Å². The molecule has 4 heterocycles. The molecule has 5 rings (SSSR count). The Labute approximate surface area is 160 Å². The number of hydrogen-bond donors (Lipinski definition) is 0. The molecule has 0 saturated carbocycles. The number of benzene rings is 1. The number of thiazole rings is 1. The third kappa shape index (κ3) is 3.02. The van der Waals surface area contributed by atoms with E-state index in [-0.39, 0.29) is 5.82 Å². The zero-order valence-corrected chi connectivity index (χ0v) is 15.4. The van der Waals surface area contributed by atoms with E-state index in [9.17, 15) is 4.39 Å². The van der Waals surface area contributed by atoms with Gasteiger partial charge in [0.2, 0.25) is 5.78 Å². The second-order valence-electron chi connectivity index (χ2n) is 6.75. The summed E-state index contributed by atoms with van der Waals surface area (Å²) < 4.78 is 15.5. The number of rotatable bonds is 4. The normalized spacial score (nSPS) is 17.7. The smallest absolute Gasteiger partial charge is 0.234 e. The van der Waals surface area contributed by atoms with Crippen LogP contribution in [0.15, 0.2) is 54.4 Å². The lowest BCUT2D eigenvalue weighted by molar-refractivity contribution is 0.245. The van der Waals surface area contributed by atoms with E-state index >= 15 is 0 Å². The van der Waals surface area contributed by atoms with Crippen LogP contribution in [0.2, 0.25) is 0 Å². The summed E-state index contributed by atoms with van der Waals surface area (Å²) in [5, 5.41) is 0. The summed E-state index contributed by atoms with van der Waals surface area (Å²) in [6.07, 6.45) is 7.85. The van der Waals surface area contributed by atoms with Gasteiger partial charge in [-0.25, -0.2) is 14.4 Å². The molecule has 7 heteroatoms. The molecule has 0 spiro atoms. The Morgan fingerprint density at radius 3 is 2.81 bits per heavy atom. The fraction of sp³-hybridized carbons (Fsp3) is 0.250. The molecule has 4 aromatic rings. The summed E-state index contributed by atoms with van der Waals surface area (Å²) in [6.45, 7) is 1.96. The standard InChI is InChI=1S/C20H18FN5S/c21-15-5-3-14(4-6-15)19-11-24-20-23-8-7-18(26(19)20)17-2-1-9-25(17)12-16-10-22-13-27-16/h3-8,10-11,13,17H,1-2,9,12H2/t17-/m1/s1. The molecule has 1 saturated heterocycles. The van der Waals surface area contributed by atoms with Crippen LogP contribution in [-0.4, -0.2) is 30.8 Å². The van der Waals surface area contributed by atoms with E-state index in [0.29, 0.717) is 11.8 Å². The van der Waals surface area contributed by atoms with Crippen LogP contribution < -0.4 is 0 Å². The Kier molecular flexibility index (Phi) is 4.18. The maximum Gasteiger partial charge on any atom is 0.234 e. The van der Waals surface area contributed by atoms with Crippen molar-refractivity contribution in [2.24, 2.45) is 0 Å². The number of likely N-dealkylation sites (tertiary alicyclic amines) is 1. The van der Waals surface area contributed by atoms with Crippen LogP contribution in [0.3, 0.4) is 0 Å². The van der Waals surface area contributed by atoms with Gasteiger partial charge < -0.3 is 0 Å². The van der Waals surface area contributed by atoms with Gasteiger partial charge in [0, 0.05) is 35.1 Å². The first-order valence-electron chi connectivity index (χ1n) is 8.99. The minimum atomic E-state index is -0.238. The average Bonchev–Trinajstić information content (AvgIpc) is 3.43. The first kappa shape index (κ1) is 16.5. The summed E-state index contributed by atoms with van der Waals surface area (Å²) in [4.78, 5) is 16.9. The van der Waals surface area contributed by atoms with Gasteiger partial charge in [0.1, 0.15) is 5.82 Å². The SMILES string of the molecule is Fc1ccc(-c2cnc3nccc([C@H]4CCCN4Cc4cncs4)n23)cc1. The van der Waals surface area contributed by atoms with Gasteiger partial charge >= 0.3 is 0 Å². The lowest BCUT2D eigenvalue weighted by Crippen LogP contribution is -2.24. The van der Waals surface area contributed by atoms with E-state index in [0.717, 1.165) is 37.2 Å². The summed E-state index contributed by atoms with van der Waals surface area (Å²) >= 11 is 1.69. The van der Waals surface area contributed by atoms with Crippen LogP contribution >= 0.6 is 11.3 Å². The number of halogens is 1. The Hall–Kier alpha value is -2.64. The molecule has 0 N–H and O–H groups in total. The molecule has 1 fully saturated rings. The van der Waals surface area contributed by atoms with E-state index in [1.54, 1.807) is 23.5 Å². The van der Waals surface area contributed by atoms with Gasteiger partial charge in [-0.1, -0.05) is 0 Å². The molecule has 5 nitrogen and oxygen atoms in total. The molecule has 3 aromatic heterocycles. The summed E-state index contributed by atoms with van der Waals surface area (Å²) in [5.74, 6) is 0.439. The molecule has 1 aliphatic rings. The van der Waals surface area contributed by atoms with Crippen LogP contribution in [0.25, 0.3) is 17.0 Å². The van der Waals surface area contributed by atoms with Gasteiger partial charge in [0.05, 0.1) is 23.4 Å². The highest BCUT2D eigenvalue weighted by Gasteiger charge is 2.29. The first-order valence-corrected chi connectivity index (χ1v) is 9.87. The van der Waals surface area contributed by atoms with Crippen molar-refractivity contribution in [3.63, 3.8) is 0 Å². The number of imidazole rings is 1. The van der Waals surface area contributed by atoms with E-state index in [1.165, 1.54) is 22.7 Å². The number of fused-ring (bicyclic) bond motifs is 1. The lowest BCUT2D eigenvalue weighted by atomic mass is 10.1. The zero-order chi connectivity index (χ0) is 18.2. The van der Waals surface area contributed by atoms with Crippen molar-refractivity contribution in [1.82, 2.24) is 24.3 Å². The van der Waals surface area contributed by atoms with Crippen LogP contribution in [0, 0.1) is 5.82 Å². The van der Waals surface area contributed by atoms with Gasteiger partial charge in [-0.05, 0) is 49.7 Å².